The Labute approximate surface area is 153 Å². The number of nitrogens with zero attached hydrogens (tertiary/aromatic N) is 3. The van der Waals surface area contributed by atoms with E-state index in [1.165, 1.54) is 12.7 Å². The topological polar surface area (TPSA) is 58.8 Å². The van der Waals surface area contributed by atoms with Gasteiger partial charge in [-0.1, -0.05) is 35.5 Å². The first-order chi connectivity index (χ1) is 12.8. The zero-order valence-electron chi connectivity index (χ0n) is 15.0. The van der Waals surface area contributed by atoms with Crippen molar-refractivity contribution in [2.24, 2.45) is 0 Å². The number of carbonyl (C=O) groups is 1. The van der Waals surface area contributed by atoms with Crippen LogP contribution in [-0.2, 0) is 4.74 Å². The van der Waals surface area contributed by atoms with Gasteiger partial charge in [-0.05, 0) is 19.3 Å². The average molecular weight is 355 g/mol. The van der Waals surface area contributed by atoms with Gasteiger partial charge in [0.1, 0.15) is 17.5 Å². The summed E-state index contributed by atoms with van der Waals surface area (Å²) in [6.45, 7) is 5.17. The third-order valence-corrected chi connectivity index (χ3v) is 5.31. The van der Waals surface area contributed by atoms with Crippen LogP contribution in [-0.4, -0.2) is 66.3 Å². The summed E-state index contributed by atoms with van der Waals surface area (Å²) in [5.41, 5.74) is 2.10. The van der Waals surface area contributed by atoms with Gasteiger partial charge in [0.2, 0.25) is 0 Å². The monoisotopic (exact) mass is 355 g/mol. The molecule has 0 radical (unpaired) electrons. The van der Waals surface area contributed by atoms with Gasteiger partial charge in [-0.15, -0.1) is 0 Å². The lowest BCUT2D eigenvalue weighted by atomic mass is 9.99. The predicted molar refractivity (Wildman–Crippen MR) is 97.9 cm³/mol. The van der Waals surface area contributed by atoms with Gasteiger partial charge in [-0.25, -0.2) is 0 Å². The fraction of sp³-hybridized carbons (Fsp3) is 0.500. The highest BCUT2D eigenvalue weighted by Crippen LogP contribution is 2.26. The number of morpholine rings is 1. The summed E-state index contributed by atoms with van der Waals surface area (Å²) in [4.78, 5) is 17.7. The van der Waals surface area contributed by atoms with Gasteiger partial charge < -0.3 is 14.2 Å². The third kappa shape index (κ3) is 3.66. The summed E-state index contributed by atoms with van der Waals surface area (Å²) in [5.74, 6) is 0.0306. The predicted octanol–water partition coefficient (Wildman–Crippen LogP) is 2.67. The summed E-state index contributed by atoms with van der Waals surface area (Å²) in [5, 5.41) is 4.09. The molecule has 3 heterocycles. The molecule has 138 valence electrons. The number of likely N-dealkylation sites (tertiary alicyclic amines) is 1. The Bertz CT molecular complexity index is 725. The van der Waals surface area contributed by atoms with E-state index in [0.717, 1.165) is 57.8 Å². The van der Waals surface area contributed by atoms with Crippen LogP contribution in [0.25, 0.3) is 11.3 Å². The molecule has 1 aromatic heterocycles. The molecule has 4 rings (SSSR count). The van der Waals surface area contributed by atoms with Crippen molar-refractivity contribution in [1.82, 2.24) is 15.0 Å². The zero-order valence-corrected chi connectivity index (χ0v) is 15.0. The van der Waals surface area contributed by atoms with Crippen LogP contribution < -0.4 is 0 Å². The van der Waals surface area contributed by atoms with Crippen molar-refractivity contribution in [2.45, 2.75) is 25.3 Å². The van der Waals surface area contributed by atoms with E-state index < -0.39 is 0 Å². The minimum Gasteiger partial charge on any atom is -0.379 e. The van der Waals surface area contributed by atoms with Gasteiger partial charge in [0.05, 0.1) is 13.2 Å². The van der Waals surface area contributed by atoms with Crippen LogP contribution >= 0.6 is 0 Å². The first kappa shape index (κ1) is 17.2. The van der Waals surface area contributed by atoms with Crippen molar-refractivity contribution in [3.63, 3.8) is 0 Å². The molecule has 0 aliphatic carbocycles. The minimum atomic E-state index is 0.0306. The minimum absolute atomic E-state index is 0.0306. The summed E-state index contributed by atoms with van der Waals surface area (Å²) in [6, 6.07) is 9.99. The lowest BCUT2D eigenvalue weighted by Gasteiger charge is -2.39. The SMILES string of the molecule is O=C(c1conc1-c1ccccc1)N1CCCCC1CN1CCOCC1. The maximum Gasteiger partial charge on any atom is 0.259 e. The van der Waals surface area contributed by atoms with Crippen LogP contribution in [0.3, 0.4) is 0 Å². The van der Waals surface area contributed by atoms with E-state index in [4.69, 9.17) is 9.26 Å². The number of amides is 1. The number of rotatable bonds is 4. The molecule has 6 nitrogen and oxygen atoms in total. The molecular formula is C20H25N3O3. The van der Waals surface area contributed by atoms with Crippen LogP contribution in [0.5, 0.6) is 0 Å². The van der Waals surface area contributed by atoms with Gasteiger partial charge >= 0.3 is 0 Å². The molecule has 1 aromatic carbocycles. The third-order valence-electron chi connectivity index (χ3n) is 5.31. The molecule has 1 unspecified atom stereocenters. The Balaban J connectivity index is 1.53. The number of piperidine rings is 1. The van der Waals surface area contributed by atoms with E-state index in [9.17, 15) is 4.79 Å². The molecular weight excluding hydrogens is 330 g/mol. The Hall–Kier alpha value is -2.18. The number of hydrogen-bond donors (Lipinski definition) is 0. The molecule has 0 N–H and O–H groups in total. The van der Waals surface area contributed by atoms with E-state index in [0.29, 0.717) is 11.3 Å². The van der Waals surface area contributed by atoms with Gasteiger partial charge in [0, 0.05) is 37.8 Å². The number of benzene rings is 1. The quantitative estimate of drug-likeness (QED) is 0.844. The molecule has 2 aliphatic heterocycles. The fourth-order valence-electron chi connectivity index (χ4n) is 3.89. The lowest BCUT2D eigenvalue weighted by molar-refractivity contribution is 0.0166. The van der Waals surface area contributed by atoms with Gasteiger partial charge in [-0.3, -0.25) is 9.69 Å². The van der Waals surface area contributed by atoms with E-state index in [2.05, 4.69) is 10.1 Å². The highest BCUT2D eigenvalue weighted by atomic mass is 16.5. The van der Waals surface area contributed by atoms with Crippen LogP contribution in [0, 0.1) is 0 Å². The molecule has 0 saturated carbocycles. The number of aromatic nitrogens is 1. The molecule has 0 bridgehead atoms. The van der Waals surface area contributed by atoms with Crippen molar-refractivity contribution in [2.75, 3.05) is 39.4 Å². The fourth-order valence-corrected chi connectivity index (χ4v) is 3.89. The zero-order chi connectivity index (χ0) is 17.8. The Morgan fingerprint density at radius 2 is 1.92 bits per heavy atom. The molecule has 0 spiro atoms. The van der Waals surface area contributed by atoms with Crippen molar-refractivity contribution in [1.29, 1.82) is 0 Å². The van der Waals surface area contributed by atoms with Gasteiger partial charge in [-0.2, -0.15) is 0 Å². The number of carbonyl (C=O) groups excluding carboxylic acids is 1. The number of ether oxygens (including phenoxy) is 1. The highest BCUT2D eigenvalue weighted by Gasteiger charge is 2.31. The Morgan fingerprint density at radius 3 is 2.73 bits per heavy atom. The molecule has 1 amide bonds. The van der Waals surface area contributed by atoms with Crippen LogP contribution in [0.2, 0.25) is 0 Å². The standard InChI is InChI=1S/C20H25N3O3/c24-20(18-15-26-21-19(18)16-6-2-1-3-7-16)23-9-5-4-8-17(23)14-22-10-12-25-13-11-22/h1-3,6-7,15,17H,4-5,8-14H2. The summed E-state index contributed by atoms with van der Waals surface area (Å²) in [7, 11) is 0. The maximum atomic E-state index is 13.3. The van der Waals surface area contributed by atoms with E-state index in [-0.39, 0.29) is 11.9 Å². The van der Waals surface area contributed by atoms with E-state index in [1.807, 2.05) is 35.2 Å². The summed E-state index contributed by atoms with van der Waals surface area (Å²) >= 11 is 0. The molecule has 2 aliphatic rings. The maximum absolute atomic E-state index is 13.3. The van der Waals surface area contributed by atoms with Gasteiger partial charge in [0.15, 0.2) is 0 Å². The molecule has 2 fully saturated rings. The smallest absolute Gasteiger partial charge is 0.259 e. The second-order valence-corrected chi connectivity index (χ2v) is 7.00. The van der Waals surface area contributed by atoms with Crippen LogP contribution in [0.15, 0.2) is 41.1 Å². The van der Waals surface area contributed by atoms with Crippen molar-refractivity contribution in [3.8, 4) is 11.3 Å². The molecule has 2 saturated heterocycles. The largest absolute Gasteiger partial charge is 0.379 e. The Morgan fingerprint density at radius 1 is 1.12 bits per heavy atom. The summed E-state index contributed by atoms with van der Waals surface area (Å²) < 4.78 is 10.6. The first-order valence-corrected chi connectivity index (χ1v) is 9.44. The highest BCUT2D eigenvalue weighted by molar-refractivity contribution is 5.99. The second-order valence-electron chi connectivity index (χ2n) is 7.00. The number of hydrogen-bond acceptors (Lipinski definition) is 5. The second kappa shape index (κ2) is 8.01. The molecule has 2 aromatic rings. The lowest BCUT2D eigenvalue weighted by Crippen LogP contribution is -2.51. The van der Waals surface area contributed by atoms with E-state index in [1.54, 1.807) is 0 Å². The van der Waals surface area contributed by atoms with Crippen molar-refractivity contribution in [3.05, 3.63) is 42.2 Å². The van der Waals surface area contributed by atoms with Gasteiger partial charge in [0.25, 0.3) is 5.91 Å². The van der Waals surface area contributed by atoms with E-state index >= 15 is 0 Å². The summed E-state index contributed by atoms with van der Waals surface area (Å²) in [6.07, 6.45) is 4.77. The Kier molecular flexibility index (Phi) is 5.32. The first-order valence-electron chi connectivity index (χ1n) is 9.44. The molecule has 26 heavy (non-hydrogen) atoms. The van der Waals surface area contributed by atoms with Crippen LogP contribution in [0.4, 0.5) is 0 Å². The normalized spacial score (nSPS) is 21.7. The molecule has 1 atom stereocenters. The molecule has 6 heteroatoms. The van der Waals surface area contributed by atoms with Crippen LogP contribution in [0.1, 0.15) is 29.6 Å². The average Bonchev–Trinajstić information content (AvgIpc) is 3.19. The van der Waals surface area contributed by atoms with Crippen molar-refractivity contribution >= 4 is 5.91 Å². The van der Waals surface area contributed by atoms with Crippen molar-refractivity contribution < 1.29 is 14.1 Å².